The largest absolute Gasteiger partial charge is 0.367 e. The third-order valence-electron chi connectivity index (χ3n) is 2.39. The van der Waals surface area contributed by atoms with Crippen molar-refractivity contribution in [1.82, 2.24) is 18.5 Å². The Bertz CT molecular complexity index is 462. The summed E-state index contributed by atoms with van der Waals surface area (Å²) in [4.78, 5) is 0. The second-order valence-corrected chi connectivity index (χ2v) is 4.41. The highest BCUT2D eigenvalue weighted by Crippen LogP contribution is 2.25. The van der Waals surface area contributed by atoms with Gasteiger partial charge in [-0.05, 0) is 12.8 Å². The first-order valence-electron chi connectivity index (χ1n) is 5.94. The van der Waals surface area contributed by atoms with Crippen LogP contribution in [0.2, 0.25) is 0 Å². The molecule has 92 valence electrons. The number of aromatic nitrogens is 4. The van der Waals surface area contributed by atoms with Gasteiger partial charge in [-0.3, -0.25) is 4.68 Å². The van der Waals surface area contributed by atoms with Gasteiger partial charge >= 0.3 is 0 Å². The summed E-state index contributed by atoms with van der Waals surface area (Å²) < 4.78 is 10.5. The van der Waals surface area contributed by atoms with Crippen molar-refractivity contribution in [3.63, 3.8) is 0 Å². The van der Waals surface area contributed by atoms with Crippen LogP contribution in [0.1, 0.15) is 26.7 Å². The molecule has 0 saturated carbocycles. The molecule has 0 radical (unpaired) electrons. The molecule has 17 heavy (non-hydrogen) atoms. The Hall–Kier alpha value is -1.43. The Labute approximate surface area is 105 Å². The molecular weight excluding hydrogens is 234 g/mol. The summed E-state index contributed by atoms with van der Waals surface area (Å²) in [7, 11) is 0. The number of hydrogen-bond donors (Lipinski definition) is 1. The first-order chi connectivity index (χ1) is 8.35. The molecule has 0 unspecified atom stereocenters. The highest BCUT2D eigenvalue weighted by molar-refractivity contribution is 6.99. The maximum atomic E-state index is 4.33. The summed E-state index contributed by atoms with van der Waals surface area (Å²) in [6.45, 7) is 6.13. The summed E-state index contributed by atoms with van der Waals surface area (Å²) in [5.74, 6) is 0.868. The molecule has 2 aromatic rings. The van der Waals surface area contributed by atoms with E-state index in [-0.39, 0.29) is 0 Å². The molecule has 2 aromatic heterocycles. The number of nitrogens with one attached hydrogen (secondary N) is 1. The second kappa shape index (κ2) is 5.77. The molecule has 0 saturated heterocycles. The summed E-state index contributed by atoms with van der Waals surface area (Å²) in [5, 5.41) is 7.59. The zero-order valence-corrected chi connectivity index (χ0v) is 11.0. The van der Waals surface area contributed by atoms with Crippen LogP contribution in [0.4, 0.5) is 5.82 Å². The Balaban J connectivity index is 2.17. The Morgan fingerprint density at radius 1 is 1.29 bits per heavy atom. The fraction of sp³-hybridized carbons (Fsp3) is 0.545. The molecule has 0 bridgehead atoms. The highest BCUT2D eigenvalue weighted by atomic mass is 32.1. The zero-order chi connectivity index (χ0) is 12.1. The maximum absolute atomic E-state index is 4.33. The molecular formula is C11H17N5S. The molecule has 1 N–H and O–H groups in total. The van der Waals surface area contributed by atoms with E-state index in [1.807, 2.05) is 17.1 Å². The monoisotopic (exact) mass is 251 g/mol. The number of hydrogen-bond acceptors (Lipinski definition) is 5. The average molecular weight is 251 g/mol. The lowest BCUT2D eigenvalue weighted by Crippen LogP contribution is -2.01. The van der Waals surface area contributed by atoms with E-state index in [9.17, 15) is 0 Å². The molecule has 0 aliphatic heterocycles. The average Bonchev–Trinajstić information content (AvgIpc) is 2.94. The third kappa shape index (κ3) is 2.82. The van der Waals surface area contributed by atoms with Gasteiger partial charge in [0.15, 0.2) is 5.82 Å². The van der Waals surface area contributed by atoms with Crippen molar-refractivity contribution in [3.05, 3.63) is 12.4 Å². The predicted molar refractivity (Wildman–Crippen MR) is 70.2 cm³/mol. The molecule has 5 nitrogen and oxygen atoms in total. The van der Waals surface area contributed by atoms with Gasteiger partial charge in [-0.1, -0.05) is 13.8 Å². The van der Waals surface area contributed by atoms with Gasteiger partial charge in [0.1, 0.15) is 5.69 Å². The van der Waals surface area contributed by atoms with Crippen LogP contribution < -0.4 is 5.32 Å². The quantitative estimate of drug-likeness (QED) is 0.857. The molecule has 0 spiro atoms. The lowest BCUT2D eigenvalue weighted by atomic mass is 10.2. The van der Waals surface area contributed by atoms with Gasteiger partial charge in [0.25, 0.3) is 0 Å². The Morgan fingerprint density at radius 3 is 2.94 bits per heavy atom. The van der Waals surface area contributed by atoms with Crippen molar-refractivity contribution in [2.45, 2.75) is 33.2 Å². The predicted octanol–water partition coefficient (Wildman–Crippen LogP) is 2.63. The van der Waals surface area contributed by atoms with Crippen molar-refractivity contribution in [1.29, 1.82) is 0 Å². The minimum Gasteiger partial charge on any atom is -0.367 e. The fourth-order valence-corrected chi connectivity index (χ4v) is 2.12. The van der Waals surface area contributed by atoms with Gasteiger partial charge in [-0.15, -0.1) is 0 Å². The lowest BCUT2D eigenvalue weighted by molar-refractivity contribution is 0.603. The fourth-order valence-electron chi connectivity index (χ4n) is 1.57. The van der Waals surface area contributed by atoms with E-state index in [4.69, 9.17) is 0 Å². The van der Waals surface area contributed by atoms with Crippen molar-refractivity contribution < 1.29 is 0 Å². The summed E-state index contributed by atoms with van der Waals surface area (Å²) >= 11 is 1.23. The molecule has 0 aliphatic rings. The van der Waals surface area contributed by atoms with E-state index in [1.165, 1.54) is 11.7 Å². The van der Waals surface area contributed by atoms with Crippen LogP contribution in [0.25, 0.3) is 11.3 Å². The van der Waals surface area contributed by atoms with Gasteiger partial charge in [-0.25, -0.2) is 0 Å². The number of aryl methyl sites for hydroxylation is 1. The van der Waals surface area contributed by atoms with Crippen LogP contribution in [0.5, 0.6) is 0 Å². The minimum absolute atomic E-state index is 0.868. The van der Waals surface area contributed by atoms with Gasteiger partial charge in [0.2, 0.25) is 0 Å². The Kier molecular flexibility index (Phi) is 4.08. The van der Waals surface area contributed by atoms with Gasteiger partial charge in [0, 0.05) is 24.8 Å². The van der Waals surface area contributed by atoms with Crippen molar-refractivity contribution in [2.24, 2.45) is 0 Å². The molecule has 0 amide bonds. The molecule has 6 heteroatoms. The van der Waals surface area contributed by atoms with Gasteiger partial charge in [0.05, 0.1) is 17.9 Å². The van der Waals surface area contributed by atoms with Crippen LogP contribution in [0.3, 0.4) is 0 Å². The van der Waals surface area contributed by atoms with Crippen LogP contribution in [-0.2, 0) is 6.54 Å². The topological polar surface area (TPSA) is 55.6 Å². The molecule has 0 aromatic carbocycles. The highest BCUT2D eigenvalue weighted by Gasteiger charge is 2.11. The van der Waals surface area contributed by atoms with Crippen LogP contribution in [-0.4, -0.2) is 25.1 Å². The van der Waals surface area contributed by atoms with E-state index < -0.39 is 0 Å². The second-order valence-electron chi connectivity index (χ2n) is 3.88. The normalized spacial score (nSPS) is 10.7. The van der Waals surface area contributed by atoms with Crippen molar-refractivity contribution in [2.75, 3.05) is 11.9 Å². The van der Waals surface area contributed by atoms with E-state index in [0.717, 1.165) is 43.0 Å². The van der Waals surface area contributed by atoms with Crippen LogP contribution in [0.15, 0.2) is 12.4 Å². The molecule has 0 aliphatic carbocycles. The number of anilines is 1. The molecule has 2 heterocycles. The molecule has 0 atom stereocenters. The lowest BCUT2D eigenvalue weighted by Gasteiger charge is -2.01. The molecule has 2 rings (SSSR count). The van der Waals surface area contributed by atoms with E-state index in [0.29, 0.717) is 0 Å². The van der Waals surface area contributed by atoms with Crippen molar-refractivity contribution in [3.8, 4) is 11.3 Å². The smallest absolute Gasteiger partial charge is 0.168 e. The Morgan fingerprint density at radius 2 is 2.18 bits per heavy atom. The standard InChI is InChI=1S/C11H17N5S/c1-3-5-12-11-10(14-17-15-11)9-7-13-16(8-9)6-4-2/h7-8H,3-6H2,1-2H3,(H,12,15). The zero-order valence-electron chi connectivity index (χ0n) is 10.2. The SMILES string of the molecule is CCCNc1nsnc1-c1cnn(CCC)c1. The summed E-state index contributed by atoms with van der Waals surface area (Å²) in [6.07, 6.45) is 6.03. The number of nitrogens with zero attached hydrogens (tertiary/aromatic N) is 4. The first-order valence-corrected chi connectivity index (χ1v) is 6.67. The minimum atomic E-state index is 0.868. The van der Waals surface area contributed by atoms with Gasteiger partial charge < -0.3 is 5.32 Å². The molecule has 0 fully saturated rings. The van der Waals surface area contributed by atoms with E-state index in [2.05, 4.69) is 33.0 Å². The first kappa shape index (κ1) is 12.0. The summed E-state index contributed by atoms with van der Waals surface area (Å²) in [6, 6.07) is 0. The third-order valence-corrected chi connectivity index (χ3v) is 2.92. The maximum Gasteiger partial charge on any atom is 0.168 e. The van der Waals surface area contributed by atoms with Crippen LogP contribution >= 0.6 is 11.7 Å². The van der Waals surface area contributed by atoms with Gasteiger partial charge in [-0.2, -0.15) is 13.8 Å². The van der Waals surface area contributed by atoms with E-state index in [1.54, 1.807) is 0 Å². The van der Waals surface area contributed by atoms with Crippen molar-refractivity contribution >= 4 is 17.5 Å². The van der Waals surface area contributed by atoms with E-state index >= 15 is 0 Å². The number of rotatable bonds is 6. The van der Waals surface area contributed by atoms with Crippen LogP contribution in [0, 0.1) is 0 Å². The summed E-state index contributed by atoms with van der Waals surface area (Å²) in [5.41, 5.74) is 1.94.